The van der Waals surface area contributed by atoms with Crippen LogP contribution in [0.15, 0.2) is 60.7 Å². The van der Waals surface area contributed by atoms with Crippen LogP contribution >= 0.6 is 0 Å². The molecule has 8 saturated heterocycles. The number of nitrogens with zero attached hydrogens (tertiary/aromatic N) is 1. The van der Waals surface area contributed by atoms with Crippen molar-refractivity contribution in [2.75, 3.05) is 32.6 Å². The molecule has 28 heteroatoms. The number of benzene rings is 1. The van der Waals surface area contributed by atoms with Crippen LogP contribution in [0.3, 0.4) is 0 Å². The smallest absolute Gasteiger partial charge is 0.407 e. The molecule has 9 aliphatic heterocycles. The van der Waals surface area contributed by atoms with Gasteiger partial charge in [0.1, 0.15) is 36.7 Å². The van der Waals surface area contributed by atoms with E-state index in [-0.39, 0.29) is 137 Å². The highest BCUT2D eigenvalue weighted by Gasteiger charge is 2.60. The van der Waals surface area contributed by atoms with E-state index in [0.29, 0.717) is 74.1 Å². The molecule has 4 unspecified atom stereocenters. The lowest BCUT2D eigenvalue weighted by Gasteiger charge is -2.47. The van der Waals surface area contributed by atoms with Crippen LogP contribution in [0.2, 0.25) is 0 Å². The number of hydrogen-bond donors (Lipinski definition) is 7. The van der Waals surface area contributed by atoms with Crippen molar-refractivity contribution in [3.05, 3.63) is 66.3 Å². The van der Waals surface area contributed by atoms with E-state index in [2.05, 4.69) is 46.7 Å². The van der Waals surface area contributed by atoms with Crippen molar-refractivity contribution in [1.29, 1.82) is 0 Å². The summed E-state index contributed by atoms with van der Waals surface area (Å²) >= 11 is 0. The van der Waals surface area contributed by atoms with Crippen LogP contribution in [0.25, 0.3) is 0 Å². The molecule has 546 valence electrons. The van der Waals surface area contributed by atoms with Gasteiger partial charge in [-0.2, -0.15) is 0 Å². The number of rotatable bonds is 25. The molecule has 20 atom stereocenters. The van der Waals surface area contributed by atoms with Crippen molar-refractivity contribution >= 4 is 59.1 Å². The second-order valence-electron chi connectivity index (χ2n) is 28.5. The Balaban J connectivity index is 0.712. The van der Waals surface area contributed by atoms with Gasteiger partial charge in [0.2, 0.25) is 17.7 Å². The van der Waals surface area contributed by atoms with Crippen LogP contribution in [0.4, 0.5) is 15.3 Å². The van der Waals surface area contributed by atoms with Crippen molar-refractivity contribution in [2.24, 2.45) is 23.5 Å². The van der Waals surface area contributed by atoms with E-state index in [1.165, 1.54) is 0 Å². The fourth-order valence-corrected chi connectivity index (χ4v) is 15.5. The Morgan fingerprint density at radius 3 is 2.21 bits per heavy atom. The predicted octanol–water partition coefficient (Wildman–Crippen LogP) is 5.39. The van der Waals surface area contributed by atoms with Crippen molar-refractivity contribution in [2.45, 2.75) is 272 Å². The summed E-state index contributed by atoms with van der Waals surface area (Å²) in [5.74, 6) is -5.52. The fraction of sp³-hybridized carbons (Fsp3) is 0.704. The minimum atomic E-state index is -1.12. The van der Waals surface area contributed by atoms with Crippen molar-refractivity contribution in [1.82, 2.24) is 26.3 Å². The van der Waals surface area contributed by atoms with E-state index in [9.17, 15) is 48.3 Å². The number of primary amides is 1. The molecular formula is C71H101N7O21. The minimum absolute atomic E-state index is 0.00392. The number of carbonyl (C=O) groups excluding carboxylic acids is 9. The monoisotopic (exact) mass is 1390 g/mol. The van der Waals surface area contributed by atoms with Crippen LogP contribution in [-0.2, 0) is 92.4 Å². The quantitative estimate of drug-likeness (QED) is 0.0366. The molecule has 99 heavy (non-hydrogen) atoms. The van der Waals surface area contributed by atoms with Crippen LogP contribution in [0, 0.1) is 17.8 Å². The summed E-state index contributed by atoms with van der Waals surface area (Å²) in [5.41, 5.74) is 8.18. The third-order valence-electron chi connectivity index (χ3n) is 20.8. The van der Waals surface area contributed by atoms with Gasteiger partial charge in [-0.15, -0.1) is 0 Å². The maximum absolute atomic E-state index is 14.5. The number of alkyl carbamates (subject to hydrolysis) is 1. The first-order valence-corrected chi connectivity index (χ1v) is 35.4. The van der Waals surface area contributed by atoms with E-state index in [1.54, 1.807) is 52.3 Å². The Labute approximate surface area is 577 Å². The normalized spacial score (nSPS) is 33.0. The number of hydroxylamine groups is 2. The predicted molar refractivity (Wildman–Crippen MR) is 353 cm³/mol. The Morgan fingerprint density at radius 1 is 0.737 bits per heavy atom. The second-order valence-corrected chi connectivity index (χ2v) is 28.5. The van der Waals surface area contributed by atoms with Gasteiger partial charge in [0.15, 0.2) is 5.79 Å². The molecule has 0 aliphatic carbocycles. The van der Waals surface area contributed by atoms with Gasteiger partial charge in [0.25, 0.3) is 11.8 Å². The molecule has 1 aromatic carbocycles. The zero-order valence-corrected chi connectivity index (χ0v) is 57.5. The number of unbranched alkanes of at least 4 members (excludes halogenated alkanes) is 2. The Kier molecular flexibility index (Phi) is 26.0. The van der Waals surface area contributed by atoms with E-state index in [1.807, 2.05) is 0 Å². The summed E-state index contributed by atoms with van der Waals surface area (Å²) in [6, 6.07) is 3.53. The number of ketones is 1. The molecule has 10 bridgehead atoms. The maximum atomic E-state index is 14.5. The highest BCUT2D eigenvalue weighted by Crippen LogP contribution is 2.50. The van der Waals surface area contributed by atoms with E-state index in [0.717, 1.165) is 55.4 Å². The van der Waals surface area contributed by atoms with Gasteiger partial charge < -0.3 is 89.6 Å². The number of aliphatic hydroxyl groups is 1. The molecule has 1 aromatic rings. The van der Waals surface area contributed by atoms with Crippen LogP contribution in [-0.4, -0.2) is 200 Å². The molecule has 0 aromatic heterocycles. The van der Waals surface area contributed by atoms with Gasteiger partial charge in [0.05, 0.1) is 79.4 Å². The van der Waals surface area contributed by atoms with Crippen molar-refractivity contribution in [3.8, 4) is 0 Å². The number of aliphatic hydroxyl groups excluding tert-OH is 1. The number of fused-ring (bicyclic) bond motifs is 9. The zero-order chi connectivity index (χ0) is 70.7. The molecule has 8 N–H and O–H groups in total. The van der Waals surface area contributed by atoms with Crippen molar-refractivity contribution in [3.63, 3.8) is 0 Å². The molecule has 1 spiro atoms. The highest BCUT2D eigenvalue weighted by atomic mass is 16.7. The summed E-state index contributed by atoms with van der Waals surface area (Å²) < 4.78 is 65.8. The average Bonchev–Trinajstić information content (AvgIpc) is 1.61. The maximum Gasteiger partial charge on any atom is 0.407 e. The van der Waals surface area contributed by atoms with Gasteiger partial charge >= 0.3 is 18.1 Å². The minimum Gasteiger partial charge on any atom is -0.445 e. The summed E-state index contributed by atoms with van der Waals surface area (Å²) in [4.78, 5) is 120. The lowest BCUT2D eigenvalue weighted by molar-refractivity contribution is -0.277. The lowest BCUT2D eigenvalue weighted by atomic mass is 9.81. The van der Waals surface area contributed by atoms with Crippen molar-refractivity contribution < 1.29 is 100 Å². The first-order chi connectivity index (χ1) is 47.4. The van der Waals surface area contributed by atoms with Crippen LogP contribution in [0.5, 0.6) is 0 Å². The number of carbonyl (C=O) groups is 9. The number of anilines is 1. The summed E-state index contributed by atoms with van der Waals surface area (Å²) in [5, 5.41) is 25.3. The third-order valence-corrected chi connectivity index (χ3v) is 20.8. The second kappa shape index (κ2) is 34.3. The summed E-state index contributed by atoms with van der Waals surface area (Å²) in [6.45, 7) is 14.4. The number of nitrogens with one attached hydrogen (secondary N) is 5. The van der Waals surface area contributed by atoms with E-state index < -0.39 is 108 Å². The van der Waals surface area contributed by atoms with Gasteiger partial charge in [-0.3, -0.25) is 28.8 Å². The molecule has 8 fully saturated rings. The zero-order valence-electron chi connectivity index (χ0n) is 57.5. The first-order valence-electron chi connectivity index (χ1n) is 35.4. The van der Waals surface area contributed by atoms with Gasteiger partial charge in [-0.1, -0.05) is 57.5 Å². The summed E-state index contributed by atoms with van der Waals surface area (Å²) in [7, 11) is 3.29. The average molecular weight is 1390 g/mol. The number of imide groups is 1. The Hall–Kier alpha value is -6.73. The number of methoxy groups -OCH3 is 2. The Morgan fingerprint density at radius 2 is 1.47 bits per heavy atom. The standard InChI is InChI=1S/C71H101N7O21/c1-38(2)63(77-59(81)13-9-8-10-14-62(84)99-78-60(82)23-24-61(78)83)68(86)76-50(12-11-27-73-69(72)87)67(85)75-43-17-15-42(16-18-43)37-91-70(88)74-36-45(80)32-55-64(90-7)49-31-44(79)30-47-20-22-52-65(94-47)57-34-56(95-52)66-58(89-6)35-71(97-57,98-66)26-25-48-29-40(4)51(92-48)21-19-46-28-39(3)41(5)53(93-46)33-54(49)96-55/h15-18,23-24,38-39,45-58,63-66,80H,4-5,8-14,19-22,25-37H2,1-3,6-7H3,(H,74,88)(H,75,85)(H,76,86)(H,77,81)(H3,72,73,87)/t39-,45+,46+,47?,48+,49+,50?,51?,52+,53?,54+,55-,56-,57-,58-,63+,64-,65+,66-,71-/m1/s1. The number of urea groups is 1. The van der Waals surface area contributed by atoms with Crippen LogP contribution < -0.4 is 32.3 Å². The first kappa shape index (κ1) is 74.9. The number of amides is 8. The molecule has 9 heterocycles. The summed E-state index contributed by atoms with van der Waals surface area (Å²) in [6.07, 6.45) is 4.61. The van der Waals surface area contributed by atoms with Gasteiger partial charge in [-0.25, -0.2) is 14.4 Å². The molecule has 10 rings (SSSR count). The topological polar surface area (TPSA) is 365 Å². The van der Waals surface area contributed by atoms with E-state index in [4.69, 9.17) is 57.9 Å². The Bertz CT molecular complexity index is 3100. The number of ether oxygens (including phenoxy) is 10. The molecular weight excluding hydrogens is 1290 g/mol. The number of Topliss-reactive ketones (excluding diaryl/α,β-unsaturated/α-hetero) is 1. The van der Waals surface area contributed by atoms with Gasteiger partial charge in [-0.05, 0) is 111 Å². The largest absolute Gasteiger partial charge is 0.445 e. The van der Waals surface area contributed by atoms with Gasteiger partial charge in [0, 0.05) is 109 Å². The molecule has 8 amide bonds. The molecule has 0 saturated carbocycles. The third kappa shape index (κ3) is 19.7. The van der Waals surface area contributed by atoms with E-state index >= 15 is 0 Å². The number of hydrogen-bond acceptors (Lipinski definition) is 21. The SMILES string of the molecule is C=C1C[C@@H]2CC[C@]34C[C@@H](OC)[C@H](O3)[C@H]3C[C@@H](O4)[C@H]4OC(CC[C@@H]4O3)CC(=O)C[C@@H]3[C@@H](OC)[C@@H](C[C@H](O)CNC(=O)OCc4ccc(NC(=O)C(CCCNC(N)=O)NC(=O)[C@@H](NC(=O)CCCCCC(=O)ON5C(=O)C=CC5=O)C(C)C)cc4)O[C@H]3CC3O[C@@H](CCC1O2)C[C@@H](C)C3=C. The van der Waals surface area contributed by atoms with Crippen LogP contribution in [0.1, 0.15) is 161 Å². The molecule has 0 radical (unpaired) electrons. The fourth-order valence-electron chi connectivity index (χ4n) is 15.5. The lowest BCUT2D eigenvalue weighted by Crippen LogP contribution is -2.58. The highest BCUT2D eigenvalue weighted by molar-refractivity contribution is 6.12. The molecule has 9 aliphatic rings. The molecule has 28 nitrogen and oxygen atoms in total. The number of nitrogens with two attached hydrogens (primary N) is 1.